The summed E-state index contributed by atoms with van der Waals surface area (Å²) >= 11 is 12.0. The van der Waals surface area contributed by atoms with Gasteiger partial charge in [0.15, 0.2) is 0 Å². The van der Waals surface area contributed by atoms with Crippen LogP contribution in [-0.4, -0.2) is 43.5 Å². The Morgan fingerprint density at radius 2 is 1.81 bits per heavy atom. The van der Waals surface area contributed by atoms with Crippen LogP contribution in [0.3, 0.4) is 0 Å². The monoisotopic (exact) mass is 395 g/mol. The Hall–Kier alpha value is -1.82. The summed E-state index contributed by atoms with van der Waals surface area (Å²) in [6.07, 6.45) is 0.364. The zero-order chi connectivity index (χ0) is 18.5. The Morgan fingerprint density at radius 1 is 1.08 bits per heavy atom. The summed E-state index contributed by atoms with van der Waals surface area (Å²) in [6, 6.07) is 11.8. The smallest absolute Gasteiger partial charge is 0.225 e. The number of carbonyl (C=O) groups excluding carboxylic acids is 1. The molecule has 0 aromatic heterocycles. The molecule has 1 aliphatic heterocycles. The first-order valence-corrected chi connectivity index (χ1v) is 9.25. The fraction of sp³-hybridized carbons (Fsp3) is 0.316. The first kappa shape index (κ1) is 19.0. The van der Waals surface area contributed by atoms with E-state index in [4.69, 9.17) is 23.2 Å². The Morgan fingerprint density at radius 3 is 2.54 bits per heavy atom. The molecule has 0 atom stereocenters. The predicted octanol–water partition coefficient (Wildman–Crippen LogP) is 4.28. The topological polar surface area (TPSA) is 35.6 Å². The molecule has 138 valence electrons. The number of carbonyl (C=O) groups is 1. The van der Waals surface area contributed by atoms with Gasteiger partial charge in [-0.1, -0.05) is 35.3 Å². The van der Waals surface area contributed by atoms with Gasteiger partial charge in [-0.15, -0.1) is 0 Å². The lowest BCUT2D eigenvalue weighted by Gasteiger charge is -2.36. The molecule has 0 bridgehead atoms. The number of anilines is 2. The fourth-order valence-corrected chi connectivity index (χ4v) is 3.32. The molecule has 1 amide bonds. The molecule has 26 heavy (non-hydrogen) atoms. The maximum atomic E-state index is 13.9. The van der Waals surface area contributed by atoms with Crippen LogP contribution in [0.15, 0.2) is 42.5 Å². The molecule has 1 N–H and O–H groups in total. The molecule has 0 spiro atoms. The van der Waals surface area contributed by atoms with E-state index in [-0.39, 0.29) is 11.7 Å². The number of halogens is 3. The standard InChI is InChI=1S/C19H20Cl2FN3O/c20-14-5-6-15(21)17(13-14)23-19(26)7-8-24-9-11-25(12-10-24)18-4-2-1-3-16(18)22/h1-6,13H,7-12H2,(H,23,26). The number of amides is 1. The third-order valence-corrected chi connectivity index (χ3v) is 4.99. The van der Waals surface area contributed by atoms with Gasteiger partial charge in [-0.25, -0.2) is 4.39 Å². The van der Waals surface area contributed by atoms with Crippen molar-refractivity contribution in [2.45, 2.75) is 6.42 Å². The maximum absolute atomic E-state index is 13.9. The van der Waals surface area contributed by atoms with Crippen molar-refractivity contribution >= 4 is 40.5 Å². The average Bonchev–Trinajstić information content (AvgIpc) is 2.64. The highest BCUT2D eigenvalue weighted by Crippen LogP contribution is 2.25. The van der Waals surface area contributed by atoms with Gasteiger partial charge in [-0.2, -0.15) is 0 Å². The van der Waals surface area contributed by atoms with Crippen LogP contribution in [0.4, 0.5) is 15.8 Å². The summed E-state index contributed by atoms with van der Waals surface area (Å²) in [5.74, 6) is -0.301. The highest BCUT2D eigenvalue weighted by molar-refractivity contribution is 6.35. The molecule has 0 unspecified atom stereocenters. The molecule has 4 nitrogen and oxygen atoms in total. The maximum Gasteiger partial charge on any atom is 0.225 e. The van der Waals surface area contributed by atoms with E-state index < -0.39 is 0 Å². The van der Waals surface area contributed by atoms with Crippen LogP contribution in [0.25, 0.3) is 0 Å². The Labute approximate surface area is 162 Å². The lowest BCUT2D eigenvalue weighted by atomic mass is 10.2. The van der Waals surface area contributed by atoms with E-state index in [1.54, 1.807) is 30.3 Å². The van der Waals surface area contributed by atoms with Crippen LogP contribution in [-0.2, 0) is 4.79 Å². The van der Waals surface area contributed by atoms with Gasteiger partial charge >= 0.3 is 0 Å². The minimum absolute atomic E-state index is 0.106. The van der Waals surface area contributed by atoms with Crippen LogP contribution in [0.5, 0.6) is 0 Å². The number of benzene rings is 2. The number of para-hydroxylation sites is 1. The third kappa shape index (κ3) is 4.87. The van der Waals surface area contributed by atoms with E-state index in [1.165, 1.54) is 6.07 Å². The van der Waals surface area contributed by atoms with E-state index in [9.17, 15) is 9.18 Å². The second-order valence-electron chi connectivity index (χ2n) is 6.20. The van der Waals surface area contributed by atoms with Gasteiger partial charge in [-0.05, 0) is 30.3 Å². The third-order valence-electron chi connectivity index (χ3n) is 4.42. The zero-order valence-corrected chi connectivity index (χ0v) is 15.7. The summed E-state index contributed by atoms with van der Waals surface area (Å²) in [6.45, 7) is 3.71. The van der Waals surface area contributed by atoms with Gasteiger partial charge in [0.05, 0.1) is 16.4 Å². The lowest BCUT2D eigenvalue weighted by Crippen LogP contribution is -2.47. The summed E-state index contributed by atoms with van der Waals surface area (Å²) in [5, 5.41) is 3.77. The van der Waals surface area contributed by atoms with Crippen LogP contribution in [0, 0.1) is 5.82 Å². The molecular formula is C19H20Cl2FN3O. The zero-order valence-electron chi connectivity index (χ0n) is 14.2. The molecule has 1 saturated heterocycles. The molecule has 1 fully saturated rings. The Bertz CT molecular complexity index is 779. The molecule has 0 radical (unpaired) electrons. The van der Waals surface area contributed by atoms with Gasteiger partial charge in [-0.3, -0.25) is 9.69 Å². The largest absolute Gasteiger partial charge is 0.367 e. The Kier molecular flexibility index (Phi) is 6.35. The summed E-state index contributed by atoms with van der Waals surface area (Å²) < 4.78 is 13.9. The number of nitrogens with zero attached hydrogens (tertiary/aromatic N) is 2. The molecule has 2 aromatic rings. The Balaban J connectivity index is 1.46. The number of hydrogen-bond donors (Lipinski definition) is 1. The van der Waals surface area contributed by atoms with E-state index >= 15 is 0 Å². The van der Waals surface area contributed by atoms with Crippen molar-refractivity contribution in [3.63, 3.8) is 0 Å². The number of piperazine rings is 1. The number of hydrogen-bond acceptors (Lipinski definition) is 3. The van der Waals surface area contributed by atoms with Crippen molar-refractivity contribution in [1.29, 1.82) is 0 Å². The minimum atomic E-state index is -0.196. The second-order valence-corrected chi connectivity index (χ2v) is 7.05. The number of nitrogens with one attached hydrogen (secondary N) is 1. The molecule has 0 aliphatic carbocycles. The first-order chi connectivity index (χ1) is 12.5. The van der Waals surface area contributed by atoms with Crippen LogP contribution in [0.1, 0.15) is 6.42 Å². The van der Waals surface area contributed by atoms with Gasteiger partial charge in [0, 0.05) is 44.2 Å². The van der Waals surface area contributed by atoms with E-state index in [2.05, 4.69) is 10.2 Å². The molecule has 7 heteroatoms. The van der Waals surface area contributed by atoms with Crippen LogP contribution in [0.2, 0.25) is 10.0 Å². The normalized spacial score (nSPS) is 15.1. The number of rotatable bonds is 5. The predicted molar refractivity (Wildman–Crippen MR) is 105 cm³/mol. The first-order valence-electron chi connectivity index (χ1n) is 8.49. The molecule has 3 rings (SSSR count). The van der Waals surface area contributed by atoms with Crippen molar-refractivity contribution in [3.8, 4) is 0 Å². The SMILES string of the molecule is O=C(CCN1CCN(c2ccccc2F)CC1)Nc1cc(Cl)ccc1Cl. The molecule has 1 aliphatic rings. The van der Waals surface area contributed by atoms with Crippen molar-refractivity contribution in [1.82, 2.24) is 4.90 Å². The highest BCUT2D eigenvalue weighted by atomic mass is 35.5. The molecule has 0 saturated carbocycles. The van der Waals surface area contributed by atoms with Crippen molar-refractivity contribution in [2.75, 3.05) is 42.9 Å². The van der Waals surface area contributed by atoms with Gasteiger partial charge in [0.1, 0.15) is 5.82 Å². The van der Waals surface area contributed by atoms with Gasteiger partial charge in [0.2, 0.25) is 5.91 Å². The average molecular weight is 396 g/mol. The van der Waals surface area contributed by atoms with Crippen LogP contribution < -0.4 is 10.2 Å². The van der Waals surface area contributed by atoms with Gasteiger partial charge < -0.3 is 10.2 Å². The molecule has 2 aromatic carbocycles. The van der Waals surface area contributed by atoms with Crippen molar-refractivity contribution in [3.05, 3.63) is 58.3 Å². The molecular weight excluding hydrogens is 376 g/mol. The highest BCUT2D eigenvalue weighted by Gasteiger charge is 2.19. The second kappa shape index (κ2) is 8.71. The van der Waals surface area contributed by atoms with Crippen molar-refractivity contribution < 1.29 is 9.18 Å². The van der Waals surface area contributed by atoms with Crippen molar-refractivity contribution in [2.24, 2.45) is 0 Å². The van der Waals surface area contributed by atoms with Crippen LogP contribution >= 0.6 is 23.2 Å². The summed E-state index contributed by atoms with van der Waals surface area (Å²) in [4.78, 5) is 16.4. The van der Waals surface area contributed by atoms with E-state index in [0.717, 1.165) is 26.2 Å². The summed E-state index contributed by atoms with van der Waals surface area (Å²) in [7, 11) is 0. The molecule has 1 heterocycles. The lowest BCUT2D eigenvalue weighted by molar-refractivity contribution is -0.116. The summed E-state index contributed by atoms with van der Waals surface area (Å²) in [5.41, 5.74) is 1.16. The van der Waals surface area contributed by atoms with Gasteiger partial charge in [0.25, 0.3) is 0 Å². The van der Waals surface area contributed by atoms with E-state index in [1.807, 2.05) is 11.0 Å². The minimum Gasteiger partial charge on any atom is -0.367 e. The quantitative estimate of drug-likeness (QED) is 0.820. The fourth-order valence-electron chi connectivity index (χ4n) is 2.99. The van der Waals surface area contributed by atoms with E-state index in [0.29, 0.717) is 34.4 Å².